The number of benzene rings is 1. The van der Waals surface area contributed by atoms with E-state index in [1.807, 2.05) is 29.2 Å². The van der Waals surface area contributed by atoms with E-state index in [1.54, 1.807) is 0 Å². The number of hydrogen-bond donors (Lipinski definition) is 1. The fourth-order valence-corrected chi connectivity index (χ4v) is 2.62. The van der Waals surface area contributed by atoms with Gasteiger partial charge in [-0.05, 0) is 46.5 Å². The molecule has 0 aliphatic carbocycles. The molecule has 0 radical (unpaired) electrons. The molecule has 1 aliphatic rings. The normalized spacial score (nSPS) is 18.9. The van der Waals surface area contributed by atoms with Gasteiger partial charge in [0.15, 0.2) is 0 Å². The van der Waals surface area contributed by atoms with Crippen molar-refractivity contribution in [2.75, 3.05) is 32.5 Å². The van der Waals surface area contributed by atoms with Crippen LogP contribution in [0.2, 0.25) is 0 Å². The highest BCUT2D eigenvalue weighted by Crippen LogP contribution is 2.22. The Hall–Kier alpha value is -1.55. The summed E-state index contributed by atoms with van der Waals surface area (Å²) in [5.41, 5.74) is 1.71. The van der Waals surface area contributed by atoms with Gasteiger partial charge in [0.2, 0.25) is 0 Å². The Labute approximate surface area is 121 Å². The summed E-state index contributed by atoms with van der Waals surface area (Å²) in [6.45, 7) is 5.83. The second kappa shape index (κ2) is 6.27. The van der Waals surface area contributed by atoms with Gasteiger partial charge in [-0.2, -0.15) is 0 Å². The van der Waals surface area contributed by atoms with Crippen LogP contribution < -0.4 is 5.32 Å². The van der Waals surface area contributed by atoms with E-state index >= 15 is 0 Å². The second-order valence-electron chi connectivity index (χ2n) is 6.00. The first-order chi connectivity index (χ1) is 9.49. The van der Waals surface area contributed by atoms with Gasteiger partial charge in [0.1, 0.15) is 0 Å². The molecule has 20 heavy (non-hydrogen) atoms. The summed E-state index contributed by atoms with van der Waals surface area (Å²) in [6, 6.07) is 8.58. The zero-order valence-corrected chi connectivity index (χ0v) is 12.9. The van der Waals surface area contributed by atoms with E-state index in [1.165, 1.54) is 0 Å². The lowest BCUT2D eigenvalue weighted by Crippen LogP contribution is -2.34. The molecule has 0 bridgehead atoms. The Morgan fingerprint density at radius 3 is 2.65 bits per heavy atom. The molecule has 1 aromatic carbocycles. The van der Waals surface area contributed by atoms with Crippen molar-refractivity contribution in [2.24, 2.45) is 0 Å². The molecule has 0 saturated carbocycles. The molecule has 1 fully saturated rings. The molecule has 0 spiro atoms. The van der Waals surface area contributed by atoms with Crippen LogP contribution in [0.1, 0.15) is 30.6 Å². The van der Waals surface area contributed by atoms with E-state index in [0.717, 1.165) is 30.8 Å². The molecule has 1 amide bonds. The zero-order chi connectivity index (χ0) is 14.7. The van der Waals surface area contributed by atoms with Crippen LogP contribution in [-0.2, 0) is 0 Å². The van der Waals surface area contributed by atoms with E-state index < -0.39 is 0 Å². The standard InChI is InChI=1S/C16H25N3O/c1-12(2)17-15-8-6-5-7-14(15)16(20)19-10-9-13(11-19)18(3)4/h5-8,12-13,17H,9-11H2,1-4H3. The van der Waals surface area contributed by atoms with Gasteiger partial charge in [0.25, 0.3) is 5.91 Å². The maximum atomic E-state index is 12.7. The van der Waals surface area contributed by atoms with Crippen LogP contribution in [0, 0.1) is 0 Å². The van der Waals surface area contributed by atoms with Crippen LogP contribution in [0.4, 0.5) is 5.69 Å². The lowest BCUT2D eigenvalue weighted by Gasteiger charge is -2.22. The van der Waals surface area contributed by atoms with Crippen molar-refractivity contribution in [3.63, 3.8) is 0 Å². The average molecular weight is 275 g/mol. The number of anilines is 1. The summed E-state index contributed by atoms with van der Waals surface area (Å²) in [4.78, 5) is 16.8. The highest BCUT2D eigenvalue weighted by molar-refractivity contribution is 5.99. The number of amides is 1. The predicted octanol–water partition coefficient (Wildman–Crippen LogP) is 2.28. The maximum Gasteiger partial charge on any atom is 0.256 e. The third-order valence-electron chi connectivity index (χ3n) is 3.78. The fourth-order valence-electron chi connectivity index (χ4n) is 2.62. The Kier molecular flexibility index (Phi) is 4.65. The monoisotopic (exact) mass is 275 g/mol. The van der Waals surface area contributed by atoms with Crippen molar-refractivity contribution >= 4 is 11.6 Å². The fraction of sp³-hybridized carbons (Fsp3) is 0.562. The molecule has 1 N–H and O–H groups in total. The van der Waals surface area contributed by atoms with Crippen molar-refractivity contribution in [1.29, 1.82) is 0 Å². The molecule has 1 aliphatic heterocycles. The Morgan fingerprint density at radius 2 is 2.05 bits per heavy atom. The summed E-state index contributed by atoms with van der Waals surface area (Å²) in [5, 5.41) is 3.35. The second-order valence-corrected chi connectivity index (χ2v) is 6.00. The van der Waals surface area contributed by atoms with E-state index in [0.29, 0.717) is 12.1 Å². The van der Waals surface area contributed by atoms with Crippen LogP contribution in [0.15, 0.2) is 24.3 Å². The smallest absolute Gasteiger partial charge is 0.256 e. The highest BCUT2D eigenvalue weighted by Gasteiger charge is 2.28. The molecule has 2 rings (SSSR count). The summed E-state index contributed by atoms with van der Waals surface area (Å²) < 4.78 is 0. The first-order valence-electron chi connectivity index (χ1n) is 7.30. The largest absolute Gasteiger partial charge is 0.382 e. The SMILES string of the molecule is CC(C)Nc1ccccc1C(=O)N1CCC(N(C)C)C1. The predicted molar refractivity (Wildman–Crippen MR) is 83.2 cm³/mol. The van der Waals surface area contributed by atoms with Crippen molar-refractivity contribution in [2.45, 2.75) is 32.4 Å². The minimum absolute atomic E-state index is 0.137. The van der Waals surface area contributed by atoms with Gasteiger partial charge >= 0.3 is 0 Å². The Bertz CT molecular complexity index is 471. The van der Waals surface area contributed by atoms with Gasteiger partial charge in [-0.25, -0.2) is 0 Å². The molecule has 1 heterocycles. The number of hydrogen-bond acceptors (Lipinski definition) is 3. The first-order valence-corrected chi connectivity index (χ1v) is 7.30. The van der Waals surface area contributed by atoms with Gasteiger partial charge in [-0.1, -0.05) is 12.1 Å². The van der Waals surface area contributed by atoms with E-state index in [2.05, 4.69) is 38.2 Å². The van der Waals surface area contributed by atoms with Gasteiger partial charge in [-0.15, -0.1) is 0 Å². The van der Waals surface area contributed by atoms with Crippen molar-refractivity contribution in [3.05, 3.63) is 29.8 Å². The molecule has 1 aromatic rings. The number of carbonyl (C=O) groups excluding carboxylic acids is 1. The minimum atomic E-state index is 0.137. The van der Waals surface area contributed by atoms with Crippen LogP contribution in [0.3, 0.4) is 0 Å². The van der Waals surface area contributed by atoms with Gasteiger partial charge in [-0.3, -0.25) is 4.79 Å². The van der Waals surface area contributed by atoms with Gasteiger partial charge in [0, 0.05) is 30.9 Å². The van der Waals surface area contributed by atoms with Gasteiger partial charge < -0.3 is 15.1 Å². The molecule has 4 heteroatoms. The molecular formula is C16H25N3O. The van der Waals surface area contributed by atoms with Crippen molar-refractivity contribution in [1.82, 2.24) is 9.80 Å². The van der Waals surface area contributed by atoms with E-state index in [9.17, 15) is 4.79 Å². The third-order valence-corrected chi connectivity index (χ3v) is 3.78. The summed E-state index contributed by atoms with van der Waals surface area (Å²) in [5.74, 6) is 0.137. The van der Waals surface area contributed by atoms with Crippen LogP contribution in [0.5, 0.6) is 0 Å². The van der Waals surface area contributed by atoms with Crippen LogP contribution in [-0.4, -0.2) is 55.0 Å². The lowest BCUT2D eigenvalue weighted by molar-refractivity contribution is 0.0784. The molecule has 1 saturated heterocycles. The van der Waals surface area contributed by atoms with Crippen molar-refractivity contribution < 1.29 is 4.79 Å². The minimum Gasteiger partial charge on any atom is -0.382 e. The topological polar surface area (TPSA) is 35.6 Å². The summed E-state index contributed by atoms with van der Waals surface area (Å²) >= 11 is 0. The molecule has 110 valence electrons. The molecule has 0 aromatic heterocycles. The molecule has 1 atom stereocenters. The van der Waals surface area contributed by atoms with Crippen LogP contribution in [0.25, 0.3) is 0 Å². The third kappa shape index (κ3) is 3.31. The first kappa shape index (κ1) is 14.9. The number of rotatable bonds is 4. The Balaban J connectivity index is 2.14. The molecule has 4 nitrogen and oxygen atoms in total. The number of para-hydroxylation sites is 1. The summed E-state index contributed by atoms with van der Waals surface area (Å²) in [6.07, 6.45) is 1.05. The number of nitrogens with zero attached hydrogens (tertiary/aromatic N) is 2. The highest BCUT2D eigenvalue weighted by atomic mass is 16.2. The van der Waals surface area contributed by atoms with Gasteiger partial charge in [0.05, 0.1) is 5.56 Å². The van der Waals surface area contributed by atoms with E-state index in [4.69, 9.17) is 0 Å². The van der Waals surface area contributed by atoms with Crippen LogP contribution >= 0.6 is 0 Å². The van der Waals surface area contributed by atoms with E-state index in [-0.39, 0.29) is 5.91 Å². The number of nitrogens with one attached hydrogen (secondary N) is 1. The number of likely N-dealkylation sites (N-methyl/N-ethyl adjacent to an activating group) is 1. The average Bonchev–Trinajstić information content (AvgIpc) is 2.87. The Morgan fingerprint density at radius 1 is 1.35 bits per heavy atom. The summed E-state index contributed by atoms with van der Waals surface area (Å²) in [7, 11) is 4.15. The number of carbonyl (C=O) groups is 1. The quantitative estimate of drug-likeness (QED) is 0.915. The van der Waals surface area contributed by atoms with Crippen molar-refractivity contribution in [3.8, 4) is 0 Å². The zero-order valence-electron chi connectivity index (χ0n) is 12.9. The maximum absolute atomic E-state index is 12.7. The lowest BCUT2D eigenvalue weighted by atomic mass is 10.1. The molecular weight excluding hydrogens is 250 g/mol. The number of likely N-dealkylation sites (tertiary alicyclic amines) is 1. The molecule has 1 unspecified atom stereocenters.